The first-order valence-electron chi connectivity index (χ1n) is 10.7. The molecule has 154 valence electrons. The molecular weight excluding hydrogens is 392 g/mol. The fourth-order valence-corrected chi connectivity index (χ4v) is 5.31. The van der Waals surface area contributed by atoms with E-state index < -0.39 is 0 Å². The third-order valence-corrected chi connectivity index (χ3v) is 6.64. The minimum atomic E-state index is -0.00797. The maximum atomic E-state index is 9.72. The Kier molecular flexibility index (Phi) is 5.17. The SMILES string of the molecule is Oc1ccc(-n2cccc2C2C(c3ccccn3)NC(=S)N2C2CCCCC2)cc1. The van der Waals surface area contributed by atoms with Crippen LogP contribution in [0.3, 0.4) is 0 Å². The molecule has 30 heavy (non-hydrogen) atoms. The zero-order valence-electron chi connectivity index (χ0n) is 16.8. The molecule has 3 heterocycles. The van der Waals surface area contributed by atoms with Gasteiger partial charge < -0.3 is 19.9 Å². The highest BCUT2D eigenvalue weighted by atomic mass is 32.1. The van der Waals surface area contributed by atoms with Crippen molar-refractivity contribution < 1.29 is 5.11 Å². The first-order valence-corrected chi connectivity index (χ1v) is 11.1. The van der Waals surface area contributed by atoms with Gasteiger partial charge in [-0.1, -0.05) is 25.3 Å². The van der Waals surface area contributed by atoms with Gasteiger partial charge in [-0.3, -0.25) is 4.98 Å². The van der Waals surface area contributed by atoms with Gasteiger partial charge in [0.2, 0.25) is 0 Å². The molecule has 0 radical (unpaired) electrons. The number of aromatic hydroxyl groups is 1. The van der Waals surface area contributed by atoms with Crippen LogP contribution >= 0.6 is 12.2 Å². The molecule has 3 aromatic rings. The molecule has 1 aromatic carbocycles. The molecule has 0 amide bonds. The van der Waals surface area contributed by atoms with Gasteiger partial charge in [0.05, 0.1) is 17.8 Å². The number of phenolic OH excluding ortho intramolecular Hbond substituents is 1. The second-order valence-corrected chi connectivity index (χ2v) is 8.53. The lowest BCUT2D eigenvalue weighted by Gasteiger charge is -2.37. The molecule has 0 spiro atoms. The molecule has 1 saturated heterocycles. The van der Waals surface area contributed by atoms with Crippen molar-refractivity contribution in [2.45, 2.75) is 50.2 Å². The van der Waals surface area contributed by atoms with Crippen molar-refractivity contribution in [2.24, 2.45) is 0 Å². The average Bonchev–Trinajstić information content (AvgIpc) is 3.40. The van der Waals surface area contributed by atoms with E-state index in [2.05, 4.69) is 44.2 Å². The molecule has 5 nitrogen and oxygen atoms in total. The molecule has 1 saturated carbocycles. The maximum absolute atomic E-state index is 9.72. The summed E-state index contributed by atoms with van der Waals surface area (Å²) in [6.07, 6.45) is 10.1. The highest BCUT2D eigenvalue weighted by Gasteiger charge is 2.44. The number of hydrogen-bond donors (Lipinski definition) is 2. The van der Waals surface area contributed by atoms with Gasteiger partial charge in [0.25, 0.3) is 0 Å². The largest absolute Gasteiger partial charge is 0.508 e. The summed E-state index contributed by atoms with van der Waals surface area (Å²) in [5, 5.41) is 14.1. The summed E-state index contributed by atoms with van der Waals surface area (Å²) in [5.74, 6) is 0.270. The normalized spacial score (nSPS) is 22.3. The molecule has 5 rings (SSSR count). The van der Waals surface area contributed by atoms with Crippen LogP contribution in [0.5, 0.6) is 5.75 Å². The van der Waals surface area contributed by atoms with E-state index in [-0.39, 0.29) is 17.8 Å². The Bertz CT molecular complexity index is 1010. The Morgan fingerprint density at radius 1 is 0.967 bits per heavy atom. The lowest BCUT2D eigenvalue weighted by Crippen LogP contribution is -2.40. The summed E-state index contributed by atoms with van der Waals surface area (Å²) in [5.41, 5.74) is 3.20. The quantitative estimate of drug-likeness (QED) is 0.591. The van der Waals surface area contributed by atoms with E-state index in [0.717, 1.165) is 16.5 Å². The summed E-state index contributed by atoms with van der Waals surface area (Å²) in [4.78, 5) is 7.09. The molecule has 2 atom stereocenters. The molecule has 2 aromatic heterocycles. The Morgan fingerprint density at radius 3 is 2.50 bits per heavy atom. The van der Waals surface area contributed by atoms with Gasteiger partial charge in [-0.2, -0.15) is 0 Å². The number of hydrogen-bond acceptors (Lipinski definition) is 3. The van der Waals surface area contributed by atoms with Crippen molar-refractivity contribution in [3.63, 3.8) is 0 Å². The second kappa shape index (κ2) is 8.11. The van der Waals surface area contributed by atoms with Crippen LogP contribution in [0.4, 0.5) is 0 Å². The van der Waals surface area contributed by atoms with Crippen molar-refractivity contribution >= 4 is 17.3 Å². The van der Waals surface area contributed by atoms with Gasteiger partial charge in [0.1, 0.15) is 5.75 Å². The maximum Gasteiger partial charge on any atom is 0.170 e. The Morgan fingerprint density at radius 2 is 1.77 bits per heavy atom. The van der Waals surface area contributed by atoms with Crippen molar-refractivity contribution in [3.8, 4) is 11.4 Å². The lowest BCUT2D eigenvalue weighted by molar-refractivity contribution is 0.193. The second-order valence-electron chi connectivity index (χ2n) is 8.15. The number of aromatic nitrogens is 2. The molecule has 1 aliphatic carbocycles. The number of thiocarbonyl (C=S) groups is 1. The summed E-state index contributed by atoms with van der Waals surface area (Å²) < 4.78 is 2.20. The molecular formula is C24H26N4OS. The van der Waals surface area contributed by atoms with Crippen LogP contribution in [0.1, 0.15) is 55.6 Å². The van der Waals surface area contributed by atoms with E-state index in [1.165, 1.54) is 37.8 Å². The zero-order chi connectivity index (χ0) is 20.5. The number of nitrogens with one attached hydrogen (secondary N) is 1. The molecule has 1 aliphatic heterocycles. The molecule has 2 aliphatic rings. The first-order chi connectivity index (χ1) is 14.7. The van der Waals surface area contributed by atoms with Crippen molar-refractivity contribution in [3.05, 3.63) is 78.4 Å². The van der Waals surface area contributed by atoms with Crippen LogP contribution in [0.2, 0.25) is 0 Å². The van der Waals surface area contributed by atoms with E-state index in [1.807, 2.05) is 30.5 Å². The molecule has 2 unspecified atom stereocenters. The van der Waals surface area contributed by atoms with Gasteiger partial charge in [-0.05, 0) is 73.6 Å². The summed E-state index contributed by atoms with van der Waals surface area (Å²) in [7, 11) is 0. The highest BCUT2D eigenvalue weighted by molar-refractivity contribution is 7.80. The third-order valence-electron chi connectivity index (χ3n) is 6.31. The Labute approximate surface area is 182 Å². The number of rotatable bonds is 4. The van der Waals surface area contributed by atoms with Crippen molar-refractivity contribution in [2.75, 3.05) is 0 Å². The third kappa shape index (κ3) is 3.45. The van der Waals surface area contributed by atoms with Gasteiger partial charge in [0.15, 0.2) is 5.11 Å². The van der Waals surface area contributed by atoms with E-state index in [9.17, 15) is 5.11 Å². The van der Waals surface area contributed by atoms with E-state index in [0.29, 0.717) is 6.04 Å². The summed E-state index contributed by atoms with van der Waals surface area (Å²) in [6, 6.07) is 18.2. The predicted molar refractivity (Wildman–Crippen MR) is 122 cm³/mol. The minimum absolute atomic E-state index is 0.00797. The number of phenols is 1. The lowest BCUT2D eigenvalue weighted by atomic mass is 9.92. The Hall–Kier alpha value is -2.86. The predicted octanol–water partition coefficient (Wildman–Crippen LogP) is 4.88. The van der Waals surface area contributed by atoms with Crippen LogP contribution < -0.4 is 5.32 Å². The van der Waals surface area contributed by atoms with E-state index >= 15 is 0 Å². The van der Waals surface area contributed by atoms with Crippen LogP contribution in [-0.2, 0) is 0 Å². The number of nitrogens with zero attached hydrogens (tertiary/aromatic N) is 3. The minimum Gasteiger partial charge on any atom is -0.508 e. The van der Waals surface area contributed by atoms with Gasteiger partial charge in [-0.15, -0.1) is 0 Å². The zero-order valence-corrected chi connectivity index (χ0v) is 17.6. The van der Waals surface area contributed by atoms with Crippen LogP contribution in [0.25, 0.3) is 5.69 Å². The number of pyridine rings is 1. The fourth-order valence-electron chi connectivity index (χ4n) is 4.92. The topological polar surface area (TPSA) is 53.3 Å². The molecule has 0 bridgehead atoms. The molecule has 6 heteroatoms. The van der Waals surface area contributed by atoms with Gasteiger partial charge in [0, 0.05) is 29.8 Å². The first kappa shape index (κ1) is 19.1. The van der Waals surface area contributed by atoms with Gasteiger partial charge in [-0.25, -0.2) is 0 Å². The van der Waals surface area contributed by atoms with Crippen molar-refractivity contribution in [1.82, 2.24) is 19.8 Å². The smallest absolute Gasteiger partial charge is 0.170 e. The van der Waals surface area contributed by atoms with E-state index in [1.54, 1.807) is 12.1 Å². The van der Waals surface area contributed by atoms with Crippen molar-refractivity contribution in [1.29, 1.82) is 0 Å². The monoisotopic (exact) mass is 418 g/mol. The van der Waals surface area contributed by atoms with Gasteiger partial charge >= 0.3 is 0 Å². The summed E-state index contributed by atoms with van der Waals surface area (Å²) >= 11 is 5.87. The van der Waals surface area contributed by atoms with Crippen LogP contribution in [0, 0.1) is 0 Å². The highest BCUT2D eigenvalue weighted by Crippen LogP contribution is 2.43. The van der Waals surface area contributed by atoms with E-state index in [4.69, 9.17) is 12.2 Å². The average molecular weight is 419 g/mol. The van der Waals surface area contributed by atoms with Crippen LogP contribution in [-0.4, -0.2) is 30.7 Å². The number of benzene rings is 1. The van der Waals surface area contributed by atoms with Crippen LogP contribution in [0.15, 0.2) is 67.0 Å². The molecule has 2 fully saturated rings. The Balaban J connectivity index is 1.60. The molecule has 2 N–H and O–H groups in total. The summed E-state index contributed by atoms with van der Waals surface area (Å²) in [6.45, 7) is 0. The fraction of sp³-hybridized carbons (Fsp3) is 0.333. The standard InChI is InChI=1S/C24H26N4OS/c29-19-13-11-17(12-14-19)27-16-6-10-21(27)23-22(20-9-4-5-15-25-20)26-24(30)28(23)18-7-2-1-3-8-18/h4-6,9-16,18,22-23,29H,1-3,7-8H2,(H,26,30).